The molecule has 7 nitrogen and oxygen atoms in total. The van der Waals surface area contributed by atoms with E-state index in [1.165, 1.54) is 16.2 Å². The minimum Gasteiger partial charge on any atom is -0.379 e. The molecule has 2 heterocycles. The van der Waals surface area contributed by atoms with E-state index in [4.69, 9.17) is 10.5 Å². The van der Waals surface area contributed by atoms with Gasteiger partial charge in [0.1, 0.15) is 5.82 Å². The van der Waals surface area contributed by atoms with Gasteiger partial charge in [0.25, 0.3) is 5.91 Å². The number of hydrogen-bond acceptors (Lipinski definition) is 6. The summed E-state index contributed by atoms with van der Waals surface area (Å²) in [4.78, 5) is 33.4. The van der Waals surface area contributed by atoms with Gasteiger partial charge in [0, 0.05) is 24.9 Å². The van der Waals surface area contributed by atoms with Gasteiger partial charge < -0.3 is 10.5 Å². The van der Waals surface area contributed by atoms with E-state index in [9.17, 15) is 9.59 Å². The van der Waals surface area contributed by atoms with Gasteiger partial charge in [-0.2, -0.15) is 0 Å². The van der Waals surface area contributed by atoms with Crippen molar-refractivity contribution in [1.29, 1.82) is 0 Å². The zero-order valence-corrected chi connectivity index (χ0v) is 16.2. The van der Waals surface area contributed by atoms with E-state index in [2.05, 4.69) is 4.98 Å². The second kappa shape index (κ2) is 8.60. The summed E-state index contributed by atoms with van der Waals surface area (Å²) in [7, 11) is 0. The molecule has 27 heavy (non-hydrogen) atoms. The minimum absolute atomic E-state index is 0.183. The number of carbonyl (C=O) groups excluding carboxylic acids is 2. The van der Waals surface area contributed by atoms with Crippen molar-refractivity contribution in [3.8, 4) is 0 Å². The number of aromatic nitrogens is 1. The highest BCUT2D eigenvalue weighted by molar-refractivity contribution is 7.07. The van der Waals surface area contributed by atoms with Crippen LogP contribution in [0.4, 0.5) is 5.82 Å². The molecule has 8 heteroatoms. The summed E-state index contributed by atoms with van der Waals surface area (Å²) in [5, 5.41) is 1.77. The van der Waals surface area contributed by atoms with Gasteiger partial charge in [0.2, 0.25) is 5.91 Å². The highest BCUT2D eigenvalue weighted by atomic mass is 32.1. The molecule has 1 aromatic heterocycles. The van der Waals surface area contributed by atoms with E-state index in [0.29, 0.717) is 38.5 Å². The normalized spacial score (nSPS) is 17.2. The Balaban J connectivity index is 1.89. The number of hydrogen-bond donors (Lipinski definition) is 1. The van der Waals surface area contributed by atoms with E-state index in [0.717, 1.165) is 5.56 Å². The fraction of sp³-hybridized carbons (Fsp3) is 0.421. The van der Waals surface area contributed by atoms with Gasteiger partial charge in [-0.15, -0.1) is 11.3 Å². The number of thiazole rings is 1. The Labute approximate surface area is 162 Å². The van der Waals surface area contributed by atoms with Crippen molar-refractivity contribution < 1.29 is 14.3 Å². The Bertz CT molecular complexity index is 763. The van der Waals surface area contributed by atoms with Crippen LogP contribution in [0.25, 0.3) is 0 Å². The van der Waals surface area contributed by atoms with Crippen LogP contribution in [-0.2, 0) is 20.7 Å². The van der Waals surface area contributed by atoms with Gasteiger partial charge in [-0.3, -0.25) is 19.4 Å². The lowest BCUT2D eigenvalue weighted by molar-refractivity contribution is -0.137. The fourth-order valence-corrected chi connectivity index (χ4v) is 3.84. The van der Waals surface area contributed by atoms with Gasteiger partial charge in [-0.1, -0.05) is 30.3 Å². The number of nitrogens with two attached hydrogens (primary N) is 1. The molecule has 1 atom stereocenters. The molecule has 1 saturated heterocycles. The lowest BCUT2D eigenvalue weighted by Gasteiger charge is -2.46. The van der Waals surface area contributed by atoms with Crippen LogP contribution in [0, 0.1) is 0 Å². The van der Waals surface area contributed by atoms with Gasteiger partial charge in [-0.25, -0.2) is 4.98 Å². The molecule has 1 aliphatic rings. The number of carbonyl (C=O) groups is 2. The SMILES string of the molecule is C[C@](C(N)=O)(N1CCOCC1)N(C(=O)CCc1ccccc1)c1cscn1. The summed E-state index contributed by atoms with van der Waals surface area (Å²) in [5.74, 6) is -0.311. The summed E-state index contributed by atoms with van der Waals surface area (Å²) in [6.45, 7) is 3.72. The van der Waals surface area contributed by atoms with E-state index in [1.807, 2.05) is 35.2 Å². The molecule has 2 N–H and O–H groups in total. The molecule has 3 rings (SSSR count). The smallest absolute Gasteiger partial charge is 0.258 e. The van der Waals surface area contributed by atoms with Crippen LogP contribution in [-0.4, -0.2) is 53.7 Å². The zero-order valence-electron chi connectivity index (χ0n) is 15.3. The largest absolute Gasteiger partial charge is 0.379 e. The maximum atomic E-state index is 13.2. The van der Waals surface area contributed by atoms with Crippen LogP contribution in [0.3, 0.4) is 0 Å². The van der Waals surface area contributed by atoms with Crippen LogP contribution >= 0.6 is 11.3 Å². The maximum Gasteiger partial charge on any atom is 0.258 e. The van der Waals surface area contributed by atoms with Gasteiger partial charge in [0.05, 0.1) is 18.7 Å². The first-order valence-electron chi connectivity index (χ1n) is 8.91. The summed E-state index contributed by atoms with van der Waals surface area (Å²) in [6.07, 6.45) is 0.840. The minimum atomic E-state index is -1.30. The van der Waals surface area contributed by atoms with Crippen molar-refractivity contribution in [2.24, 2.45) is 5.73 Å². The van der Waals surface area contributed by atoms with Crippen LogP contribution < -0.4 is 10.6 Å². The molecule has 0 radical (unpaired) electrons. The Kier molecular flexibility index (Phi) is 6.20. The summed E-state index contributed by atoms with van der Waals surface area (Å²) >= 11 is 1.37. The van der Waals surface area contributed by atoms with Gasteiger partial charge >= 0.3 is 0 Å². The number of nitrogens with zero attached hydrogens (tertiary/aromatic N) is 3. The molecule has 0 unspecified atom stereocenters. The standard InChI is InChI=1S/C19H24N4O3S/c1-19(18(20)25,22-9-11-26-12-10-22)23(16-13-27-14-21-16)17(24)8-7-15-5-3-2-4-6-15/h2-6,13-14H,7-12H2,1H3,(H2,20,25)/t19-/m0/s1. The second-order valence-electron chi connectivity index (χ2n) is 6.55. The van der Waals surface area contributed by atoms with Crippen LogP contribution in [0.2, 0.25) is 0 Å². The number of amides is 2. The van der Waals surface area contributed by atoms with Crippen LogP contribution in [0.15, 0.2) is 41.2 Å². The third kappa shape index (κ3) is 4.18. The van der Waals surface area contributed by atoms with E-state index in [1.54, 1.807) is 17.8 Å². The summed E-state index contributed by atoms with van der Waals surface area (Å²) < 4.78 is 5.40. The molecule has 0 spiro atoms. The summed E-state index contributed by atoms with van der Waals surface area (Å²) in [5.41, 5.74) is 7.23. The number of rotatable bonds is 7. The topological polar surface area (TPSA) is 88.8 Å². The van der Waals surface area contributed by atoms with Gasteiger partial charge in [-0.05, 0) is 18.9 Å². The lowest BCUT2D eigenvalue weighted by atomic mass is 10.0. The van der Waals surface area contributed by atoms with E-state index >= 15 is 0 Å². The van der Waals surface area contributed by atoms with E-state index < -0.39 is 11.6 Å². The molecule has 2 amide bonds. The van der Waals surface area contributed by atoms with Crippen molar-refractivity contribution in [2.45, 2.75) is 25.4 Å². The molecule has 144 valence electrons. The molecule has 1 fully saturated rings. The predicted molar refractivity (Wildman–Crippen MR) is 104 cm³/mol. The average Bonchev–Trinajstić information content (AvgIpc) is 3.22. The quantitative estimate of drug-likeness (QED) is 0.779. The Morgan fingerprint density at radius 3 is 2.59 bits per heavy atom. The van der Waals surface area contributed by atoms with Crippen molar-refractivity contribution >= 4 is 29.0 Å². The number of anilines is 1. The number of benzene rings is 1. The van der Waals surface area contributed by atoms with Crippen molar-refractivity contribution in [3.63, 3.8) is 0 Å². The fourth-order valence-electron chi connectivity index (χ4n) is 3.32. The Hall–Kier alpha value is -2.29. The Morgan fingerprint density at radius 1 is 1.30 bits per heavy atom. The molecule has 0 saturated carbocycles. The first-order valence-corrected chi connectivity index (χ1v) is 9.85. The van der Waals surface area contributed by atoms with Crippen molar-refractivity contribution in [1.82, 2.24) is 9.88 Å². The molecule has 0 bridgehead atoms. The van der Waals surface area contributed by atoms with Crippen molar-refractivity contribution in [3.05, 3.63) is 46.8 Å². The first-order chi connectivity index (χ1) is 13.0. The van der Waals surface area contributed by atoms with E-state index in [-0.39, 0.29) is 12.3 Å². The third-order valence-corrected chi connectivity index (χ3v) is 5.47. The monoisotopic (exact) mass is 388 g/mol. The van der Waals surface area contributed by atoms with Crippen LogP contribution in [0.5, 0.6) is 0 Å². The number of ether oxygens (including phenoxy) is 1. The third-order valence-electron chi connectivity index (χ3n) is 4.90. The van der Waals surface area contributed by atoms with Crippen LogP contribution in [0.1, 0.15) is 18.9 Å². The molecule has 2 aromatic rings. The summed E-state index contributed by atoms with van der Waals surface area (Å²) in [6, 6.07) is 9.79. The zero-order chi connectivity index (χ0) is 19.3. The molecule has 0 aliphatic carbocycles. The molecule has 1 aliphatic heterocycles. The highest BCUT2D eigenvalue weighted by Gasteiger charge is 2.47. The molecular formula is C19H24N4O3S. The second-order valence-corrected chi connectivity index (χ2v) is 7.26. The maximum absolute atomic E-state index is 13.2. The number of aryl methyl sites for hydroxylation is 1. The number of primary amides is 1. The molecular weight excluding hydrogens is 364 g/mol. The Morgan fingerprint density at radius 2 is 2.00 bits per heavy atom. The number of morpholine rings is 1. The van der Waals surface area contributed by atoms with Crippen molar-refractivity contribution in [2.75, 3.05) is 31.2 Å². The first kappa shape index (κ1) is 19.5. The molecule has 1 aromatic carbocycles. The van der Waals surface area contributed by atoms with Gasteiger partial charge in [0.15, 0.2) is 5.66 Å². The average molecular weight is 388 g/mol. The predicted octanol–water partition coefficient (Wildman–Crippen LogP) is 1.64. The lowest BCUT2D eigenvalue weighted by Crippen LogP contribution is -2.69. The highest BCUT2D eigenvalue weighted by Crippen LogP contribution is 2.29.